The molecule has 1 N–H and O–H groups in total. The van der Waals surface area contributed by atoms with Gasteiger partial charge in [0.15, 0.2) is 0 Å². The SMILES string of the molecule is COc1cc2c(cc1/C=C/C(=O)Nc1ccc(F)cc1)O[C@H](C)C2. The van der Waals surface area contributed by atoms with Gasteiger partial charge in [0.25, 0.3) is 0 Å². The van der Waals surface area contributed by atoms with Gasteiger partial charge in [-0.05, 0) is 49.4 Å². The van der Waals surface area contributed by atoms with E-state index in [9.17, 15) is 9.18 Å². The molecule has 0 fully saturated rings. The number of ether oxygens (including phenoxy) is 2. The third-order valence-corrected chi connectivity index (χ3v) is 3.77. The number of benzene rings is 2. The molecule has 4 nitrogen and oxygen atoms in total. The summed E-state index contributed by atoms with van der Waals surface area (Å²) >= 11 is 0. The number of amides is 1. The van der Waals surface area contributed by atoms with Gasteiger partial charge in [0, 0.05) is 29.3 Å². The van der Waals surface area contributed by atoms with Crippen LogP contribution in [0.4, 0.5) is 10.1 Å². The molecule has 0 aliphatic carbocycles. The zero-order valence-electron chi connectivity index (χ0n) is 13.5. The first-order valence-electron chi connectivity index (χ1n) is 7.67. The number of nitrogens with one attached hydrogen (secondary N) is 1. The van der Waals surface area contributed by atoms with Gasteiger partial charge in [-0.1, -0.05) is 0 Å². The molecule has 1 amide bonds. The zero-order chi connectivity index (χ0) is 17.1. The molecular formula is C19H18FNO3. The Bertz CT molecular complexity index is 784. The van der Waals surface area contributed by atoms with E-state index in [1.54, 1.807) is 13.2 Å². The Kier molecular flexibility index (Phi) is 4.51. The predicted molar refractivity (Wildman–Crippen MR) is 90.9 cm³/mol. The van der Waals surface area contributed by atoms with Crippen LogP contribution >= 0.6 is 0 Å². The third kappa shape index (κ3) is 3.56. The summed E-state index contributed by atoms with van der Waals surface area (Å²) in [5, 5.41) is 2.67. The van der Waals surface area contributed by atoms with Crippen LogP contribution in [0.3, 0.4) is 0 Å². The van der Waals surface area contributed by atoms with Crippen LogP contribution in [-0.4, -0.2) is 19.1 Å². The number of hydrogen-bond donors (Lipinski definition) is 1. The van der Waals surface area contributed by atoms with E-state index in [0.717, 1.165) is 23.3 Å². The molecule has 24 heavy (non-hydrogen) atoms. The molecule has 0 aromatic heterocycles. The van der Waals surface area contributed by atoms with E-state index >= 15 is 0 Å². The standard InChI is InChI=1S/C19H18FNO3/c1-12-9-14-11-17(23-2)13(10-18(14)24-12)3-8-19(22)21-16-6-4-15(20)5-7-16/h3-8,10-12H,9H2,1-2H3,(H,21,22)/b8-3+/t12-/m1/s1. The molecule has 3 rings (SSSR count). The number of rotatable bonds is 4. The number of fused-ring (bicyclic) bond motifs is 1. The smallest absolute Gasteiger partial charge is 0.248 e. The van der Waals surface area contributed by atoms with Crippen molar-refractivity contribution in [1.82, 2.24) is 0 Å². The van der Waals surface area contributed by atoms with E-state index in [0.29, 0.717) is 11.4 Å². The van der Waals surface area contributed by atoms with Crippen LogP contribution in [0.15, 0.2) is 42.5 Å². The van der Waals surface area contributed by atoms with Crippen LogP contribution in [0, 0.1) is 5.82 Å². The lowest BCUT2D eigenvalue weighted by atomic mass is 10.1. The first kappa shape index (κ1) is 16.1. The second-order valence-corrected chi connectivity index (χ2v) is 5.66. The normalized spacial score (nSPS) is 15.9. The Morgan fingerprint density at radius 1 is 1.33 bits per heavy atom. The highest BCUT2D eigenvalue weighted by atomic mass is 19.1. The van der Waals surface area contributed by atoms with Crippen molar-refractivity contribution in [2.45, 2.75) is 19.4 Å². The maximum Gasteiger partial charge on any atom is 0.248 e. The summed E-state index contributed by atoms with van der Waals surface area (Å²) in [6.45, 7) is 2.01. The van der Waals surface area contributed by atoms with Gasteiger partial charge in [-0.25, -0.2) is 4.39 Å². The quantitative estimate of drug-likeness (QED) is 0.869. The molecule has 0 radical (unpaired) electrons. The summed E-state index contributed by atoms with van der Waals surface area (Å²) in [5.74, 6) is 0.860. The maximum absolute atomic E-state index is 12.9. The molecule has 0 unspecified atom stereocenters. The molecular weight excluding hydrogens is 309 g/mol. The molecule has 2 aromatic rings. The van der Waals surface area contributed by atoms with Crippen LogP contribution in [0.2, 0.25) is 0 Å². The highest BCUT2D eigenvalue weighted by molar-refractivity contribution is 6.02. The molecule has 0 spiro atoms. The van der Waals surface area contributed by atoms with Gasteiger partial charge in [0.2, 0.25) is 5.91 Å². The van der Waals surface area contributed by atoms with Crippen molar-refractivity contribution in [1.29, 1.82) is 0 Å². The van der Waals surface area contributed by atoms with Gasteiger partial charge in [0.1, 0.15) is 23.4 Å². The Balaban J connectivity index is 1.75. The summed E-state index contributed by atoms with van der Waals surface area (Å²) < 4.78 is 24.0. The van der Waals surface area contributed by atoms with E-state index in [2.05, 4.69) is 5.32 Å². The average molecular weight is 327 g/mol. The lowest BCUT2D eigenvalue weighted by Gasteiger charge is -2.08. The van der Waals surface area contributed by atoms with Crippen LogP contribution < -0.4 is 14.8 Å². The number of methoxy groups -OCH3 is 1. The Morgan fingerprint density at radius 3 is 2.79 bits per heavy atom. The number of carbonyl (C=O) groups is 1. The van der Waals surface area contributed by atoms with Crippen molar-refractivity contribution in [3.63, 3.8) is 0 Å². The average Bonchev–Trinajstić information content (AvgIpc) is 2.93. The van der Waals surface area contributed by atoms with Gasteiger partial charge in [0.05, 0.1) is 7.11 Å². The van der Waals surface area contributed by atoms with Gasteiger partial charge in [-0.2, -0.15) is 0 Å². The largest absolute Gasteiger partial charge is 0.496 e. The van der Waals surface area contributed by atoms with E-state index < -0.39 is 0 Å². The van der Waals surface area contributed by atoms with E-state index in [4.69, 9.17) is 9.47 Å². The van der Waals surface area contributed by atoms with Crippen molar-refractivity contribution in [2.24, 2.45) is 0 Å². The summed E-state index contributed by atoms with van der Waals surface area (Å²) in [7, 11) is 1.59. The molecule has 1 aliphatic heterocycles. The fourth-order valence-electron chi connectivity index (χ4n) is 2.64. The maximum atomic E-state index is 12.9. The highest BCUT2D eigenvalue weighted by Gasteiger charge is 2.21. The third-order valence-electron chi connectivity index (χ3n) is 3.77. The minimum Gasteiger partial charge on any atom is -0.496 e. The molecule has 0 bridgehead atoms. The van der Waals surface area contributed by atoms with E-state index in [1.165, 1.54) is 30.3 Å². The van der Waals surface area contributed by atoms with Crippen LogP contribution in [-0.2, 0) is 11.2 Å². The van der Waals surface area contributed by atoms with Crippen LogP contribution in [0.25, 0.3) is 6.08 Å². The fourth-order valence-corrected chi connectivity index (χ4v) is 2.64. The molecule has 0 saturated carbocycles. The topological polar surface area (TPSA) is 47.6 Å². The van der Waals surface area contributed by atoms with Gasteiger partial charge in [-0.3, -0.25) is 4.79 Å². The number of carbonyl (C=O) groups excluding carboxylic acids is 1. The predicted octanol–water partition coefficient (Wildman–Crippen LogP) is 3.81. The van der Waals surface area contributed by atoms with Gasteiger partial charge in [-0.15, -0.1) is 0 Å². The number of anilines is 1. The van der Waals surface area contributed by atoms with Crippen molar-refractivity contribution in [3.05, 3.63) is 59.4 Å². The monoisotopic (exact) mass is 327 g/mol. The Hall–Kier alpha value is -2.82. The number of halogens is 1. The Morgan fingerprint density at radius 2 is 2.08 bits per heavy atom. The minimum absolute atomic E-state index is 0.144. The van der Waals surface area contributed by atoms with Crippen molar-refractivity contribution < 1.29 is 18.7 Å². The summed E-state index contributed by atoms with van der Waals surface area (Å²) in [6.07, 6.45) is 4.07. The molecule has 0 saturated heterocycles. The summed E-state index contributed by atoms with van der Waals surface area (Å²) in [4.78, 5) is 12.0. The van der Waals surface area contributed by atoms with E-state index in [-0.39, 0.29) is 17.8 Å². The minimum atomic E-state index is -0.347. The first-order valence-corrected chi connectivity index (χ1v) is 7.67. The molecule has 2 aromatic carbocycles. The molecule has 1 atom stereocenters. The van der Waals surface area contributed by atoms with Crippen molar-refractivity contribution >= 4 is 17.7 Å². The van der Waals surface area contributed by atoms with Crippen LogP contribution in [0.1, 0.15) is 18.1 Å². The van der Waals surface area contributed by atoms with Crippen molar-refractivity contribution in [2.75, 3.05) is 12.4 Å². The molecule has 124 valence electrons. The van der Waals surface area contributed by atoms with Crippen molar-refractivity contribution in [3.8, 4) is 11.5 Å². The summed E-state index contributed by atoms with van der Waals surface area (Å²) in [6, 6.07) is 9.41. The molecule has 1 aliphatic rings. The second-order valence-electron chi connectivity index (χ2n) is 5.66. The second kappa shape index (κ2) is 6.74. The fraction of sp³-hybridized carbons (Fsp3) is 0.211. The lowest BCUT2D eigenvalue weighted by molar-refractivity contribution is -0.111. The first-order chi connectivity index (χ1) is 11.5. The van der Waals surface area contributed by atoms with Crippen LogP contribution in [0.5, 0.6) is 11.5 Å². The molecule has 5 heteroatoms. The lowest BCUT2D eigenvalue weighted by Crippen LogP contribution is -2.07. The Labute approximate surface area is 139 Å². The zero-order valence-corrected chi connectivity index (χ0v) is 13.5. The van der Waals surface area contributed by atoms with Gasteiger partial charge >= 0.3 is 0 Å². The van der Waals surface area contributed by atoms with E-state index in [1.807, 2.05) is 19.1 Å². The molecule has 1 heterocycles. The number of hydrogen-bond acceptors (Lipinski definition) is 3. The summed E-state index contributed by atoms with van der Waals surface area (Å²) in [5.41, 5.74) is 2.40. The van der Waals surface area contributed by atoms with Gasteiger partial charge < -0.3 is 14.8 Å². The highest BCUT2D eigenvalue weighted by Crippen LogP contribution is 2.35.